The summed E-state index contributed by atoms with van der Waals surface area (Å²) in [4.78, 5) is 9.30. The number of rotatable bonds is 5. The molecule has 2 aromatic heterocycles. The Morgan fingerprint density at radius 3 is 2.11 bits per heavy atom. The van der Waals surface area contributed by atoms with E-state index in [-0.39, 0.29) is 10.8 Å². The van der Waals surface area contributed by atoms with Crippen molar-refractivity contribution in [2.45, 2.75) is 51.4 Å². The molecule has 0 saturated carbocycles. The van der Waals surface area contributed by atoms with Crippen LogP contribution in [0.4, 0.5) is 0 Å². The monoisotopic (exact) mass is 368 g/mol. The normalized spacial score (nSPS) is 12.6. The Balaban J connectivity index is 1.65. The fourth-order valence-electron chi connectivity index (χ4n) is 4.19. The molecule has 142 valence electrons. The third-order valence-electron chi connectivity index (χ3n) is 6.09. The molecule has 0 atom stereocenters. The van der Waals surface area contributed by atoms with Crippen LogP contribution >= 0.6 is 0 Å². The van der Waals surface area contributed by atoms with Gasteiger partial charge in [0.15, 0.2) is 0 Å². The van der Waals surface area contributed by atoms with Crippen LogP contribution in [0.1, 0.15) is 51.8 Å². The number of hydrogen-bond donors (Lipinski definition) is 0. The predicted molar refractivity (Wildman–Crippen MR) is 119 cm³/mol. The summed E-state index contributed by atoms with van der Waals surface area (Å²) >= 11 is 0. The molecule has 0 aliphatic rings. The van der Waals surface area contributed by atoms with Gasteiger partial charge in [-0.25, -0.2) is 0 Å². The van der Waals surface area contributed by atoms with Crippen LogP contribution in [0.15, 0.2) is 73.2 Å². The Kier molecular flexibility index (Phi) is 4.66. The first kappa shape index (κ1) is 18.6. The zero-order valence-electron chi connectivity index (χ0n) is 17.2. The smallest absolute Gasteiger partial charge is 0.0538 e. The minimum Gasteiger partial charge on any atom is -0.264 e. The summed E-state index contributed by atoms with van der Waals surface area (Å²) in [5.41, 5.74) is 2.55. The molecule has 0 saturated heterocycles. The Morgan fingerprint density at radius 1 is 0.679 bits per heavy atom. The second-order valence-electron chi connectivity index (χ2n) is 9.06. The van der Waals surface area contributed by atoms with E-state index >= 15 is 0 Å². The second kappa shape index (κ2) is 7.01. The van der Waals surface area contributed by atoms with E-state index < -0.39 is 0 Å². The van der Waals surface area contributed by atoms with E-state index in [1.807, 2.05) is 18.6 Å². The van der Waals surface area contributed by atoms with E-state index in [4.69, 9.17) is 4.98 Å². The van der Waals surface area contributed by atoms with E-state index in [2.05, 4.69) is 87.3 Å². The van der Waals surface area contributed by atoms with Crippen LogP contribution in [-0.2, 0) is 10.8 Å². The summed E-state index contributed by atoms with van der Waals surface area (Å²) in [5.74, 6) is 0. The Labute approximate surface area is 167 Å². The zero-order chi connectivity index (χ0) is 19.8. The lowest BCUT2D eigenvalue weighted by atomic mass is 9.73. The average Bonchev–Trinajstić information content (AvgIpc) is 2.71. The van der Waals surface area contributed by atoms with Crippen molar-refractivity contribution in [3.05, 3.63) is 84.4 Å². The van der Waals surface area contributed by atoms with Gasteiger partial charge in [-0.05, 0) is 40.7 Å². The minimum absolute atomic E-state index is 0.00382. The van der Waals surface area contributed by atoms with Crippen LogP contribution in [0.3, 0.4) is 0 Å². The highest BCUT2D eigenvalue weighted by molar-refractivity contribution is 5.86. The highest BCUT2D eigenvalue weighted by Gasteiger charge is 2.30. The first-order chi connectivity index (χ1) is 13.4. The molecule has 28 heavy (non-hydrogen) atoms. The summed E-state index contributed by atoms with van der Waals surface area (Å²) in [7, 11) is 0. The standard InChI is InChI=1S/C26H28N2/c1-25(2,23-18-27-17-20-10-6-7-11-21(20)23)14-15-26(3,4)24-22-12-8-5-9-19(22)13-16-28-24/h5-13,16-18H,14-15H2,1-4H3. The summed E-state index contributed by atoms with van der Waals surface area (Å²) in [6, 6.07) is 19.2. The fourth-order valence-corrected chi connectivity index (χ4v) is 4.19. The number of aromatic nitrogens is 2. The molecule has 0 N–H and O–H groups in total. The van der Waals surface area contributed by atoms with Crippen molar-refractivity contribution < 1.29 is 0 Å². The number of fused-ring (bicyclic) bond motifs is 2. The van der Waals surface area contributed by atoms with Gasteiger partial charge >= 0.3 is 0 Å². The van der Waals surface area contributed by atoms with E-state index in [0.717, 1.165) is 12.8 Å². The van der Waals surface area contributed by atoms with Gasteiger partial charge in [-0.15, -0.1) is 0 Å². The summed E-state index contributed by atoms with van der Waals surface area (Å²) in [6.07, 6.45) is 8.08. The van der Waals surface area contributed by atoms with Crippen LogP contribution in [-0.4, -0.2) is 9.97 Å². The largest absolute Gasteiger partial charge is 0.264 e. The van der Waals surface area contributed by atoms with E-state index in [1.54, 1.807) is 0 Å². The highest BCUT2D eigenvalue weighted by Crippen LogP contribution is 2.39. The van der Waals surface area contributed by atoms with Gasteiger partial charge < -0.3 is 0 Å². The quantitative estimate of drug-likeness (QED) is 0.386. The first-order valence-corrected chi connectivity index (χ1v) is 10.1. The lowest BCUT2D eigenvalue weighted by molar-refractivity contribution is 0.372. The third-order valence-corrected chi connectivity index (χ3v) is 6.09. The van der Waals surface area contributed by atoms with Crippen LogP contribution in [0.2, 0.25) is 0 Å². The highest BCUT2D eigenvalue weighted by atomic mass is 14.7. The number of benzene rings is 2. The van der Waals surface area contributed by atoms with Crippen molar-refractivity contribution in [3.63, 3.8) is 0 Å². The maximum atomic E-state index is 4.79. The van der Waals surface area contributed by atoms with Crippen molar-refractivity contribution in [1.29, 1.82) is 0 Å². The lowest BCUT2D eigenvalue weighted by Crippen LogP contribution is -2.25. The molecule has 0 fully saturated rings. The fraction of sp³-hybridized carbons (Fsp3) is 0.308. The van der Waals surface area contributed by atoms with E-state index in [9.17, 15) is 0 Å². The summed E-state index contributed by atoms with van der Waals surface area (Å²) in [5, 5.41) is 5.05. The number of pyridine rings is 2. The summed E-state index contributed by atoms with van der Waals surface area (Å²) in [6.45, 7) is 9.31. The van der Waals surface area contributed by atoms with Gasteiger partial charge in [-0.1, -0.05) is 76.2 Å². The molecule has 2 heteroatoms. The molecule has 0 spiro atoms. The predicted octanol–water partition coefficient (Wildman–Crippen LogP) is 6.82. The molecule has 0 bridgehead atoms. The molecule has 4 rings (SSSR count). The van der Waals surface area contributed by atoms with Crippen LogP contribution < -0.4 is 0 Å². The second-order valence-corrected chi connectivity index (χ2v) is 9.06. The van der Waals surface area contributed by atoms with Crippen LogP contribution in [0.25, 0.3) is 21.5 Å². The molecule has 0 aliphatic carbocycles. The molecule has 2 heterocycles. The lowest BCUT2D eigenvalue weighted by Gasteiger charge is -2.32. The maximum Gasteiger partial charge on any atom is 0.0538 e. The maximum absolute atomic E-state index is 4.79. The Hall–Kier alpha value is -2.74. The topological polar surface area (TPSA) is 25.8 Å². The molecule has 2 nitrogen and oxygen atoms in total. The van der Waals surface area contributed by atoms with Gasteiger partial charge in [0, 0.05) is 34.8 Å². The Bertz CT molecular complexity index is 1020. The first-order valence-electron chi connectivity index (χ1n) is 10.1. The minimum atomic E-state index is -0.00382. The molecule has 0 radical (unpaired) electrons. The molecule has 2 aromatic carbocycles. The van der Waals surface area contributed by atoms with Crippen molar-refractivity contribution in [1.82, 2.24) is 9.97 Å². The van der Waals surface area contributed by atoms with Gasteiger partial charge in [0.2, 0.25) is 0 Å². The van der Waals surface area contributed by atoms with Crippen molar-refractivity contribution in [3.8, 4) is 0 Å². The molecular formula is C26H28N2. The van der Waals surface area contributed by atoms with Gasteiger partial charge in [-0.2, -0.15) is 0 Å². The van der Waals surface area contributed by atoms with Crippen molar-refractivity contribution >= 4 is 21.5 Å². The van der Waals surface area contributed by atoms with Gasteiger partial charge in [-0.3, -0.25) is 9.97 Å². The number of nitrogens with zero attached hydrogens (tertiary/aromatic N) is 2. The third kappa shape index (κ3) is 3.40. The Morgan fingerprint density at radius 2 is 1.32 bits per heavy atom. The molecule has 0 amide bonds. The molecular weight excluding hydrogens is 340 g/mol. The molecule has 0 unspecified atom stereocenters. The summed E-state index contributed by atoms with van der Waals surface area (Å²) < 4.78 is 0. The van der Waals surface area contributed by atoms with E-state index in [1.165, 1.54) is 32.8 Å². The van der Waals surface area contributed by atoms with Crippen LogP contribution in [0.5, 0.6) is 0 Å². The van der Waals surface area contributed by atoms with Crippen molar-refractivity contribution in [2.75, 3.05) is 0 Å². The van der Waals surface area contributed by atoms with Crippen LogP contribution in [0, 0.1) is 0 Å². The average molecular weight is 369 g/mol. The van der Waals surface area contributed by atoms with Gasteiger partial charge in [0.1, 0.15) is 0 Å². The number of hydrogen-bond acceptors (Lipinski definition) is 2. The van der Waals surface area contributed by atoms with E-state index in [0.29, 0.717) is 0 Å². The molecule has 4 aromatic rings. The van der Waals surface area contributed by atoms with Gasteiger partial charge in [0.05, 0.1) is 5.69 Å². The van der Waals surface area contributed by atoms with Gasteiger partial charge in [0.25, 0.3) is 0 Å². The zero-order valence-corrected chi connectivity index (χ0v) is 17.2. The molecule has 0 aliphatic heterocycles. The van der Waals surface area contributed by atoms with Crippen molar-refractivity contribution in [2.24, 2.45) is 0 Å². The SMILES string of the molecule is CC(C)(CCC(C)(C)c1nccc2ccccc12)c1cncc2ccccc12.